The van der Waals surface area contributed by atoms with Crippen molar-refractivity contribution in [3.63, 3.8) is 0 Å². The zero-order chi connectivity index (χ0) is 19.9. The average molecular weight is 391 g/mol. The molecule has 0 radical (unpaired) electrons. The second-order valence-electron chi connectivity index (χ2n) is 6.53. The molecule has 6 nitrogen and oxygen atoms in total. The van der Waals surface area contributed by atoms with Gasteiger partial charge in [0.15, 0.2) is 5.96 Å². The van der Waals surface area contributed by atoms with Crippen molar-refractivity contribution in [1.29, 1.82) is 0 Å². The number of nitrogens with one attached hydrogen (secondary N) is 2. The zero-order valence-corrected chi connectivity index (χ0v) is 16.7. The number of benzene rings is 1. The van der Waals surface area contributed by atoms with E-state index in [1.165, 1.54) is 24.5 Å². The van der Waals surface area contributed by atoms with E-state index in [4.69, 9.17) is 0 Å². The molecule has 0 amide bonds. The van der Waals surface area contributed by atoms with E-state index in [-0.39, 0.29) is 23.9 Å². The van der Waals surface area contributed by atoms with E-state index in [1.807, 2.05) is 6.92 Å². The molecular weight excluding hydrogens is 362 g/mol. The first-order valence-corrected chi connectivity index (χ1v) is 10.4. The molecule has 0 heterocycles. The molecule has 1 aromatic carbocycles. The molecule has 0 fully saturated rings. The standard InChI is InChI=1S/C17H28F2N4O2S/c1-12(9-10-26(5,24)25)22-17(20-2)21-11-15(23(3)4)16-13(18)7-6-8-14(16)19/h6-8,12,15H,9-11H2,1-5H3,(H2,20,21,22). The molecule has 0 saturated heterocycles. The summed E-state index contributed by atoms with van der Waals surface area (Å²) in [6.45, 7) is 2.07. The van der Waals surface area contributed by atoms with Crippen LogP contribution in [0.25, 0.3) is 0 Å². The highest BCUT2D eigenvalue weighted by atomic mass is 32.2. The Kier molecular flexibility index (Phi) is 8.42. The Labute approximate surface area is 154 Å². The summed E-state index contributed by atoms with van der Waals surface area (Å²) < 4.78 is 50.7. The van der Waals surface area contributed by atoms with Gasteiger partial charge in [-0.3, -0.25) is 4.99 Å². The fourth-order valence-electron chi connectivity index (χ4n) is 2.46. The normalized spacial score (nSPS) is 15.0. The van der Waals surface area contributed by atoms with Gasteiger partial charge in [-0.1, -0.05) is 6.07 Å². The van der Waals surface area contributed by atoms with Gasteiger partial charge in [0.05, 0.1) is 11.8 Å². The molecule has 0 bridgehead atoms. The van der Waals surface area contributed by atoms with E-state index in [2.05, 4.69) is 15.6 Å². The lowest BCUT2D eigenvalue weighted by Crippen LogP contribution is -2.45. The van der Waals surface area contributed by atoms with Crippen LogP contribution >= 0.6 is 0 Å². The molecule has 0 saturated carbocycles. The van der Waals surface area contributed by atoms with Gasteiger partial charge in [0.25, 0.3) is 0 Å². The van der Waals surface area contributed by atoms with Crippen LogP contribution in [-0.4, -0.2) is 65.0 Å². The van der Waals surface area contributed by atoms with Crippen LogP contribution in [0.1, 0.15) is 24.9 Å². The molecule has 0 spiro atoms. The van der Waals surface area contributed by atoms with Crippen molar-refractivity contribution in [1.82, 2.24) is 15.5 Å². The maximum absolute atomic E-state index is 14.1. The Bertz CT molecular complexity index is 703. The summed E-state index contributed by atoms with van der Waals surface area (Å²) in [4.78, 5) is 5.80. The van der Waals surface area contributed by atoms with Crippen molar-refractivity contribution in [3.8, 4) is 0 Å². The summed E-state index contributed by atoms with van der Waals surface area (Å²) in [5, 5.41) is 6.13. The minimum Gasteiger partial charge on any atom is -0.354 e. The van der Waals surface area contributed by atoms with Gasteiger partial charge in [-0.15, -0.1) is 0 Å². The van der Waals surface area contributed by atoms with E-state index in [1.54, 1.807) is 26.0 Å². The molecule has 2 unspecified atom stereocenters. The maximum atomic E-state index is 14.1. The molecule has 1 rings (SSSR count). The highest BCUT2D eigenvalue weighted by Crippen LogP contribution is 2.23. The van der Waals surface area contributed by atoms with Crippen LogP contribution in [0.5, 0.6) is 0 Å². The number of nitrogens with zero attached hydrogens (tertiary/aromatic N) is 2. The molecule has 9 heteroatoms. The summed E-state index contributed by atoms with van der Waals surface area (Å²) in [6.07, 6.45) is 1.62. The fourth-order valence-corrected chi connectivity index (χ4v) is 3.24. The Hall–Kier alpha value is -1.74. The molecule has 0 aliphatic heterocycles. The van der Waals surface area contributed by atoms with E-state index in [0.717, 1.165) is 0 Å². The molecule has 0 aliphatic rings. The molecule has 0 aliphatic carbocycles. The molecule has 26 heavy (non-hydrogen) atoms. The lowest BCUT2D eigenvalue weighted by atomic mass is 10.0. The summed E-state index contributed by atoms with van der Waals surface area (Å²) in [7, 11) is 2.02. The largest absolute Gasteiger partial charge is 0.354 e. The van der Waals surface area contributed by atoms with Gasteiger partial charge in [0, 0.05) is 31.5 Å². The Morgan fingerprint density at radius 3 is 2.31 bits per heavy atom. The van der Waals surface area contributed by atoms with Crippen LogP contribution < -0.4 is 10.6 Å². The number of halogens is 2. The van der Waals surface area contributed by atoms with E-state index in [0.29, 0.717) is 12.4 Å². The Morgan fingerprint density at radius 1 is 1.27 bits per heavy atom. The predicted molar refractivity (Wildman–Crippen MR) is 101 cm³/mol. The lowest BCUT2D eigenvalue weighted by molar-refractivity contribution is 0.282. The number of hydrogen-bond acceptors (Lipinski definition) is 4. The Balaban J connectivity index is 2.75. The predicted octanol–water partition coefficient (Wildman–Crippen LogP) is 1.56. The molecule has 0 aromatic heterocycles. The van der Waals surface area contributed by atoms with Gasteiger partial charge in [-0.05, 0) is 39.6 Å². The van der Waals surface area contributed by atoms with Gasteiger partial charge < -0.3 is 15.5 Å². The second-order valence-corrected chi connectivity index (χ2v) is 8.79. The van der Waals surface area contributed by atoms with Crippen molar-refractivity contribution in [3.05, 3.63) is 35.4 Å². The molecule has 2 N–H and O–H groups in total. The summed E-state index contributed by atoms with van der Waals surface area (Å²) >= 11 is 0. The fraction of sp³-hybridized carbons (Fsp3) is 0.588. The second kappa shape index (κ2) is 9.82. The van der Waals surface area contributed by atoms with Crippen LogP contribution in [0.3, 0.4) is 0 Å². The maximum Gasteiger partial charge on any atom is 0.191 e. The first-order valence-electron chi connectivity index (χ1n) is 8.30. The van der Waals surface area contributed by atoms with Crippen LogP contribution in [-0.2, 0) is 9.84 Å². The molecule has 1 aromatic rings. The monoisotopic (exact) mass is 390 g/mol. The zero-order valence-electron chi connectivity index (χ0n) is 15.9. The number of hydrogen-bond donors (Lipinski definition) is 2. The highest BCUT2D eigenvalue weighted by molar-refractivity contribution is 7.90. The summed E-state index contributed by atoms with van der Waals surface area (Å²) in [5.74, 6) is -0.696. The molecule has 148 valence electrons. The van der Waals surface area contributed by atoms with Crippen LogP contribution in [0.2, 0.25) is 0 Å². The number of likely N-dealkylation sites (N-methyl/N-ethyl adjacent to an activating group) is 1. The first kappa shape index (κ1) is 22.3. The minimum absolute atomic E-state index is 0.00872. The van der Waals surface area contributed by atoms with Crippen LogP contribution in [0.4, 0.5) is 8.78 Å². The van der Waals surface area contributed by atoms with Crippen LogP contribution in [0.15, 0.2) is 23.2 Å². The highest BCUT2D eigenvalue weighted by Gasteiger charge is 2.22. The Morgan fingerprint density at radius 2 is 1.85 bits per heavy atom. The quantitative estimate of drug-likeness (QED) is 0.521. The topological polar surface area (TPSA) is 73.8 Å². The number of rotatable bonds is 8. The van der Waals surface area contributed by atoms with Gasteiger partial charge in [-0.25, -0.2) is 17.2 Å². The third-order valence-electron chi connectivity index (χ3n) is 3.95. The first-order chi connectivity index (χ1) is 12.0. The van der Waals surface area contributed by atoms with Crippen LogP contribution in [0, 0.1) is 11.6 Å². The summed E-state index contributed by atoms with van der Waals surface area (Å²) in [6, 6.07) is 3.13. The van der Waals surface area contributed by atoms with Gasteiger partial charge in [0.1, 0.15) is 21.5 Å². The van der Waals surface area contributed by atoms with E-state index < -0.39 is 27.5 Å². The SMILES string of the molecule is CN=C(NCC(c1c(F)cccc1F)N(C)C)NC(C)CCS(C)(=O)=O. The molecule has 2 atom stereocenters. The lowest BCUT2D eigenvalue weighted by Gasteiger charge is -2.27. The van der Waals surface area contributed by atoms with Gasteiger partial charge in [-0.2, -0.15) is 0 Å². The van der Waals surface area contributed by atoms with Gasteiger partial charge >= 0.3 is 0 Å². The number of sulfone groups is 1. The minimum atomic E-state index is -3.03. The third kappa shape index (κ3) is 7.25. The van der Waals surface area contributed by atoms with Crippen molar-refractivity contribution in [2.75, 3.05) is 39.7 Å². The van der Waals surface area contributed by atoms with Crippen molar-refractivity contribution >= 4 is 15.8 Å². The summed E-state index contributed by atoms with van der Waals surface area (Å²) in [5.41, 5.74) is -0.00872. The third-order valence-corrected chi connectivity index (χ3v) is 4.92. The molecular formula is C17H28F2N4O2S. The number of aliphatic imine (C=N–C) groups is 1. The smallest absolute Gasteiger partial charge is 0.191 e. The number of guanidine groups is 1. The van der Waals surface area contributed by atoms with Gasteiger partial charge in [0.2, 0.25) is 0 Å². The van der Waals surface area contributed by atoms with E-state index in [9.17, 15) is 17.2 Å². The van der Waals surface area contributed by atoms with Crippen molar-refractivity contribution < 1.29 is 17.2 Å². The van der Waals surface area contributed by atoms with Crippen molar-refractivity contribution in [2.24, 2.45) is 4.99 Å². The average Bonchev–Trinajstić information content (AvgIpc) is 2.53. The van der Waals surface area contributed by atoms with E-state index >= 15 is 0 Å². The van der Waals surface area contributed by atoms with Crippen molar-refractivity contribution in [2.45, 2.75) is 25.4 Å².